The maximum Gasteiger partial charge on any atom is 0.251 e. The zero-order chi connectivity index (χ0) is 15.1. The van der Waals surface area contributed by atoms with Crippen molar-refractivity contribution in [2.24, 2.45) is 5.92 Å². The molecule has 0 saturated heterocycles. The van der Waals surface area contributed by atoms with Gasteiger partial charge in [-0.1, -0.05) is 19.1 Å². The van der Waals surface area contributed by atoms with E-state index in [-0.39, 0.29) is 18.6 Å². The normalized spacial score (nSPS) is 22.0. The van der Waals surface area contributed by atoms with Gasteiger partial charge in [0.15, 0.2) is 0 Å². The minimum Gasteiger partial charge on any atom is -0.396 e. The maximum atomic E-state index is 12.2. The number of nitrogens with one attached hydrogen (secondary N) is 1. The topological polar surface area (TPSA) is 49.3 Å². The van der Waals surface area contributed by atoms with Crippen LogP contribution in [0.3, 0.4) is 0 Å². The standard InChI is InChI=1S/C17H25NO2S/c1-2-21-12-14-3-7-15(8-4-14)17(20)18-16-9-5-13(11-19)6-10-16/h3-4,7-8,13,16,19H,2,5-6,9-12H2,1H3,(H,18,20). The molecule has 1 fully saturated rings. The highest BCUT2D eigenvalue weighted by Crippen LogP contribution is 2.24. The molecule has 1 aromatic rings. The summed E-state index contributed by atoms with van der Waals surface area (Å²) >= 11 is 1.89. The molecule has 2 rings (SSSR count). The Balaban J connectivity index is 1.83. The molecule has 1 aliphatic carbocycles. The third kappa shape index (κ3) is 5.04. The van der Waals surface area contributed by atoms with Crippen molar-refractivity contribution in [3.05, 3.63) is 35.4 Å². The molecule has 1 aliphatic rings. The first kappa shape index (κ1) is 16.4. The lowest BCUT2D eigenvalue weighted by molar-refractivity contribution is 0.0914. The summed E-state index contributed by atoms with van der Waals surface area (Å²) in [4.78, 5) is 12.2. The van der Waals surface area contributed by atoms with Crippen LogP contribution in [-0.2, 0) is 5.75 Å². The number of hydrogen-bond donors (Lipinski definition) is 2. The molecule has 0 bridgehead atoms. The number of thioether (sulfide) groups is 1. The molecule has 1 amide bonds. The first-order valence-corrected chi connectivity index (χ1v) is 8.96. The van der Waals surface area contributed by atoms with Crippen molar-refractivity contribution in [1.29, 1.82) is 0 Å². The average molecular weight is 307 g/mol. The Labute approximate surface area is 131 Å². The Hall–Kier alpha value is -1.00. The zero-order valence-electron chi connectivity index (χ0n) is 12.7. The van der Waals surface area contributed by atoms with Crippen LogP contribution in [0.25, 0.3) is 0 Å². The van der Waals surface area contributed by atoms with Gasteiger partial charge < -0.3 is 10.4 Å². The molecule has 1 saturated carbocycles. The van der Waals surface area contributed by atoms with Crippen LogP contribution < -0.4 is 5.32 Å². The van der Waals surface area contributed by atoms with Crippen molar-refractivity contribution in [3.63, 3.8) is 0 Å². The number of benzene rings is 1. The first-order chi connectivity index (χ1) is 10.2. The van der Waals surface area contributed by atoms with Crippen LogP contribution in [0, 0.1) is 5.92 Å². The fourth-order valence-corrected chi connectivity index (χ4v) is 3.36. The highest BCUT2D eigenvalue weighted by Gasteiger charge is 2.22. The fraction of sp³-hybridized carbons (Fsp3) is 0.588. The van der Waals surface area contributed by atoms with Gasteiger partial charge in [-0.05, 0) is 55.1 Å². The Bertz CT molecular complexity index is 439. The van der Waals surface area contributed by atoms with E-state index in [2.05, 4.69) is 12.2 Å². The van der Waals surface area contributed by atoms with Gasteiger partial charge in [-0.2, -0.15) is 11.8 Å². The Morgan fingerprint density at radius 2 is 1.90 bits per heavy atom. The van der Waals surface area contributed by atoms with Crippen molar-refractivity contribution < 1.29 is 9.90 Å². The van der Waals surface area contributed by atoms with E-state index in [0.717, 1.165) is 42.8 Å². The second-order valence-corrected chi connectivity index (χ2v) is 6.98. The lowest BCUT2D eigenvalue weighted by Gasteiger charge is -2.27. The van der Waals surface area contributed by atoms with Crippen molar-refractivity contribution in [3.8, 4) is 0 Å². The van der Waals surface area contributed by atoms with Crippen molar-refractivity contribution >= 4 is 17.7 Å². The van der Waals surface area contributed by atoms with Crippen LogP contribution in [0.4, 0.5) is 0 Å². The van der Waals surface area contributed by atoms with Gasteiger partial charge in [0.25, 0.3) is 5.91 Å². The molecule has 0 heterocycles. The van der Waals surface area contributed by atoms with Crippen LogP contribution in [0.2, 0.25) is 0 Å². The molecule has 4 heteroatoms. The third-order valence-corrected chi connectivity index (χ3v) is 5.07. The monoisotopic (exact) mass is 307 g/mol. The largest absolute Gasteiger partial charge is 0.396 e. The summed E-state index contributed by atoms with van der Waals surface area (Å²) < 4.78 is 0. The van der Waals surface area contributed by atoms with E-state index in [0.29, 0.717) is 5.92 Å². The fourth-order valence-electron chi connectivity index (χ4n) is 2.73. The average Bonchev–Trinajstić information content (AvgIpc) is 2.54. The second-order valence-electron chi connectivity index (χ2n) is 5.71. The lowest BCUT2D eigenvalue weighted by Crippen LogP contribution is -2.38. The van der Waals surface area contributed by atoms with Gasteiger partial charge in [0, 0.05) is 24.0 Å². The molecule has 0 unspecified atom stereocenters. The molecule has 2 N–H and O–H groups in total. The molecule has 0 aliphatic heterocycles. The van der Waals surface area contributed by atoms with Crippen LogP contribution in [0.5, 0.6) is 0 Å². The minimum atomic E-state index is 0.0251. The second kappa shape index (κ2) is 8.44. The predicted octanol–water partition coefficient (Wildman–Crippen LogP) is 3.22. The maximum absolute atomic E-state index is 12.2. The molecule has 0 aromatic heterocycles. The number of amides is 1. The highest BCUT2D eigenvalue weighted by atomic mass is 32.2. The van der Waals surface area contributed by atoms with Gasteiger partial charge in [-0.15, -0.1) is 0 Å². The molecule has 0 spiro atoms. The molecular weight excluding hydrogens is 282 g/mol. The molecule has 0 atom stereocenters. The van der Waals surface area contributed by atoms with Crippen molar-refractivity contribution in [2.45, 2.75) is 44.4 Å². The van der Waals surface area contributed by atoms with E-state index in [1.54, 1.807) is 0 Å². The summed E-state index contributed by atoms with van der Waals surface area (Å²) in [7, 11) is 0. The van der Waals surface area contributed by atoms with Gasteiger partial charge >= 0.3 is 0 Å². The SMILES string of the molecule is CCSCc1ccc(C(=O)NC2CCC(CO)CC2)cc1. The number of hydrogen-bond acceptors (Lipinski definition) is 3. The van der Waals surface area contributed by atoms with Crippen molar-refractivity contribution in [1.82, 2.24) is 5.32 Å². The number of rotatable bonds is 6. The minimum absolute atomic E-state index is 0.0251. The Morgan fingerprint density at radius 1 is 1.24 bits per heavy atom. The summed E-state index contributed by atoms with van der Waals surface area (Å²) in [6.07, 6.45) is 3.97. The summed E-state index contributed by atoms with van der Waals surface area (Å²) in [6, 6.07) is 8.18. The summed E-state index contributed by atoms with van der Waals surface area (Å²) in [5.74, 6) is 2.56. The van der Waals surface area contributed by atoms with Crippen LogP contribution >= 0.6 is 11.8 Å². The summed E-state index contributed by atoms with van der Waals surface area (Å²) in [6.45, 7) is 2.43. The summed E-state index contributed by atoms with van der Waals surface area (Å²) in [5, 5.41) is 12.3. The molecule has 1 aromatic carbocycles. The molecule has 21 heavy (non-hydrogen) atoms. The third-order valence-electron chi connectivity index (χ3n) is 4.13. The van der Waals surface area contributed by atoms with Gasteiger partial charge in [0.05, 0.1) is 0 Å². The highest BCUT2D eigenvalue weighted by molar-refractivity contribution is 7.98. The van der Waals surface area contributed by atoms with Crippen LogP contribution in [0.1, 0.15) is 48.5 Å². The van der Waals surface area contributed by atoms with Gasteiger partial charge in [-0.3, -0.25) is 4.79 Å². The number of aliphatic hydroxyl groups excluding tert-OH is 1. The Kier molecular flexibility index (Phi) is 6.58. The molecule has 3 nitrogen and oxygen atoms in total. The van der Waals surface area contributed by atoms with E-state index in [4.69, 9.17) is 5.11 Å². The smallest absolute Gasteiger partial charge is 0.251 e. The van der Waals surface area contributed by atoms with Crippen LogP contribution in [-0.4, -0.2) is 29.4 Å². The van der Waals surface area contributed by atoms with Gasteiger partial charge in [0.1, 0.15) is 0 Å². The van der Waals surface area contributed by atoms with Crippen LogP contribution in [0.15, 0.2) is 24.3 Å². The van der Waals surface area contributed by atoms with Crippen molar-refractivity contribution in [2.75, 3.05) is 12.4 Å². The number of carbonyl (C=O) groups excluding carboxylic acids is 1. The predicted molar refractivity (Wildman–Crippen MR) is 88.6 cm³/mol. The Morgan fingerprint density at radius 3 is 2.48 bits per heavy atom. The first-order valence-electron chi connectivity index (χ1n) is 7.81. The molecule has 0 radical (unpaired) electrons. The quantitative estimate of drug-likeness (QED) is 0.848. The zero-order valence-corrected chi connectivity index (χ0v) is 13.5. The number of carbonyl (C=O) groups is 1. The molecular formula is C17H25NO2S. The summed E-state index contributed by atoms with van der Waals surface area (Å²) in [5.41, 5.74) is 2.01. The van der Waals surface area contributed by atoms with Gasteiger partial charge in [-0.25, -0.2) is 0 Å². The van der Waals surface area contributed by atoms with E-state index in [1.807, 2.05) is 36.0 Å². The number of aliphatic hydroxyl groups is 1. The van der Waals surface area contributed by atoms with Gasteiger partial charge in [0.2, 0.25) is 0 Å². The molecule has 116 valence electrons. The lowest BCUT2D eigenvalue weighted by atomic mass is 9.86. The van der Waals surface area contributed by atoms with E-state index in [9.17, 15) is 4.79 Å². The van der Waals surface area contributed by atoms with E-state index in [1.165, 1.54) is 5.56 Å². The van der Waals surface area contributed by atoms with E-state index < -0.39 is 0 Å². The van der Waals surface area contributed by atoms with E-state index >= 15 is 0 Å².